The minimum Gasteiger partial charge on any atom is -0.378 e. The van der Waals surface area contributed by atoms with E-state index in [-0.39, 0.29) is 16.7 Å². The Morgan fingerprint density at radius 1 is 1.18 bits per heavy atom. The van der Waals surface area contributed by atoms with Crippen LogP contribution in [0.15, 0.2) is 23.2 Å². The van der Waals surface area contributed by atoms with E-state index < -0.39 is 10.1 Å². The molecule has 1 aromatic carbocycles. The second kappa shape index (κ2) is 6.10. The monoisotopic (exact) mass is 362 g/mol. The van der Waals surface area contributed by atoms with Crippen molar-refractivity contribution in [3.05, 3.63) is 39.8 Å². The van der Waals surface area contributed by atoms with Crippen molar-refractivity contribution in [2.24, 2.45) is 7.05 Å². The first-order chi connectivity index (χ1) is 10.1. The third-order valence-corrected chi connectivity index (χ3v) is 4.92. The number of hydrogen-bond acceptors (Lipinski definition) is 4. The van der Waals surface area contributed by atoms with E-state index in [0.29, 0.717) is 21.6 Å². The van der Waals surface area contributed by atoms with Gasteiger partial charge in [-0.3, -0.25) is 0 Å². The van der Waals surface area contributed by atoms with Crippen LogP contribution < -0.4 is 4.18 Å². The number of hydrogen-bond donors (Lipinski definition) is 0. The molecule has 1 aromatic heterocycles. The van der Waals surface area contributed by atoms with Crippen molar-refractivity contribution < 1.29 is 12.6 Å². The summed E-state index contributed by atoms with van der Waals surface area (Å²) in [4.78, 5) is 4.30. The summed E-state index contributed by atoms with van der Waals surface area (Å²) in [5.41, 5.74) is 0.466. The van der Waals surface area contributed by atoms with Crippen molar-refractivity contribution in [2.75, 3.05) is 0 Å². The normalized spacial score (nSPS) is 12.0. The van der Waals surface area contributed by atoms with Crippen LogP contribution in [0.5, 0.6) is 5.75 Å². The Balaban J connectivity index is 2.51. The summed E-state index contributed by atoms with van der Waals surface area (Å²) in [5, 5.41) is 0.627. The molecule has 22 heavy (non-hydrogen) atoms. The maximum atomic E-state index is 12.6. The zero-order valence-corrected chi connectivity index (χ0v) is 14.9. The predicted molar refractivity (Wildman–Crippen MR) is 86.3 cm³/mol. The molecule has 0 saturated heterocycles. The molecule has 0 spiro atoms. The third kappa shape index (κ3) is 3.39. The van der Waals surface area contributed by atoms with Gasteiger partial charge in [0, 0.05) is 29.2 Å². The van der Waals surface area contributed by atoms with Crippen molar-refractivity contribution in [3.8, 4) is 5.75 Å². The molecule has 0 saturated carbocycles. The summed E-state index contributed by atoms with van der Waals surface area (Å²) >= 11 is 11.7. The van der Waals surface area contributed by atoms with Gasteiger partial charge >= 0.3 is 10.1 Å². The molecule has 0 N–H and O–H groups in total. The molecule has 2 aromatic rings. The van der Waals surface area contributed by atoms with Gasteiger partial charge in [-0.25, -0.2) is 4.98 Å². The molecular weight excluding hydrogens is 347 g/mol. The molecule has 0 unspecified atom stereocenters. The smallest absolute Gasteiger partial charge is 0.356 e. The molecule has 5 nitrogen and oxygen atoms in total. The Labute approximate surface area is 140 Å². The highest BCUT2D eigenvalue weighted by Gasteiger charge is 2.29. The number of rotatable bonds is 4. The summed E-state index contributed by atoms with van der Waals surface area (Å²) < 4.78 is 31.9. The number of aryl methyl sites for hydroxylation is 1. The lowest BCUT2D eigenvalue weighted by molar-refractivity contribution is 0.474. The van der Waals surface area contributed by atoms with Gasteiger partial charge in [-0.05, 0) is 18.9 Å². The standard InChI is InChI=1S/C14H16Cl2N2O3S/c1-8(2)13-14(18(4)9(3)17-13)22(19,20)21-12-6-10(15)5-11(16)7-12/h5-8H,1-4H3. The zero-order valence-electron chi connectivity index (χ0n) is 12.6. The topological polar surface area (TPSA) is 61.2 Å². The van der Waals surface area contributed by atoms with Gasteiger partial charge in [0.2, 0.25) is 0 Å². The highest BCUT2D eigenvalue weighted by molar-refractivity contribution is 7.87. The minimum atomic E-state index is -4.05. The second-order valence-corrected chi connectivity index (χ2v) is 7.54. The lowest BCUT2D eigenvalue weighted by Gasteiger charge is -2.11. The maximum absolute atomic E-state index is 12.6. The molecule has 0 aliphatic carbocycles. The molecular formula is C14H16Cl2N2O3S. The van der Waals surface area contributed by atoms with Crippen LogP contribution in [0.1, 0.15) is 31.3 Å². The summed E-state index contributed by atoms with van der Waals surface area (Å²) in [6.45, 7) is 5.48. The van der Waals surface area contributed by atoms with Crippen molar-refractivity contribution in [3.63, 3.8) is 0 Å². The number of nitrogens with zero attached hydrogens (tertiary/aromatic N) is 2. The van der Waals surface area contributed by atoms with Gasteiger partial charge in [0.1, 0.15) is 11.6 Å². The highest BCUT2D eigenvalue weighted by atomic mass is 35.5. The summed E-state index contributed by atoms with van der Waals surface area (Å²) in [7, 11) is -2.41. The van der Waals surface area contributed by atoms with Crippen LogP contribution in [0, 0.1) is 6.92 Å². The molecule has 2 rings (SSSR count). The lowest BCUT2D eigenvalue weighted by Crippen LogP contribution is -2.16. The summed E-state index contributed by atoms with van der Waals surface area (Å²) in [5.74, 6) is 0.595. The minimum absolute atomic E-state index is 0.0381. The van der Waals surface area contributed by atoms with E-state index in [1.807, 2.05) is 13.8 Å². The predicted octanol–water partition coefficient (Wildman–Crippen LogP) is 3.93. The van der Waals surface area contributed by atoms with E-state index in [4.69, 9.17) is 27.4 Å². The Morgan fingerprint density at radius 2 is 1.73 bits per heavy atom. The maximum Gasteiger partial charge on any atom is 0.356 e. The van der Waals surface area contributed by atoms with Crippen molar-refractivity contribution in [1.29, 1.82) is 0 Å². The van der Waals surface area contributed by atoms with E-state index in [0.717, 1.165) is 0 Å². The molecule has 8 heteroatoms. The number of imidazole rings is 1. The molecule has 120 valence electrons. The first kappa shape index (κ1) is 17.1. The lowest BCUT2D eigenvalue weighted by atomic mass is 10.2. The van der Waals surface area contributed by atoms with Crippen LogP contribution >= 0.6 is 23.2 Å². The van der Waals surface area contributed by atoms with Gasteiger partial charge in [-0.1, -0.05) is 37.0 Å². The van der Waals surface area contributed by atoms with Crippen LogP contribution in [0.3, 0.4) is 0 Å². The van der Waals surface area contributed by atoms with Gasteiger partial charge < -0.3 is 8.75 Å². The average Bonchev–Trinajstić information content (AvgIpc) is 2.64. The largest absolute Gasteiger partial charge is 0.378 e. The molecule has 0 atom stereocenters. The van der Waals surface area contributed by atoms with Crippen LogP contribution in [0.25, 0.3) is 0 Å². The second-order valence-electron chi connectivity index (χ2n) is 5.21. The van der Waals surface area contributed by atoms with E-state index in [2.05, 4.69) is 4.98 Å². The summed E-state index contributed by atoms with van der Waals surface area (Å²) in [6, 6.07) is 4.28. The quantitative estimate of drug-likeness (QED) is 0.773. The van der Waals surface area contributed by atoms with Crippen molar-refractivity contribution in [2.45, 2.75) is 31.7 Å². The van der Waals surface area contributed by atoms with Gasteiger partial charge in [0.25, 0.3) is 0 Å². The SMILES string of the molecule is Cc1nc(C(C)C)c(S(=O)(=O)Oc2cc(Cl)cc(Cl)c2)n1C. The number of aromatic nitrogens is 2. The Kier molecular flexibility index (Phi) is 4.75. The molecule has 0 bridgehead atoms. The van der Waals surface area contributed by atoms with E-state index in [9.17, 15) is 8.42 Å². The number of halogens is 2. The van der Waals surface area contributed by atoms with Gasteiger partial charge in [0.15, 0.2) is 5.03 Å². The first-order valence-corrected chi connectivity index (χ1v) is 8.72. The fourth-order valence-corrected chi connectivity index (χ4v) is 3.97. The molecule has 1 heterocycles. The average molecular weight is 363 g/mol. The van der Waals surface area contributed by atoms with E-state index in [1.54, 1.807) is 14.0 Å². The molecule has 0 fully saturated rings. The van der Waals surface area contributed by atoms with Crippen LogP contribution in [-0.4, -0.2) is 18.0 Å². The van der Waals surface area contributed by atoms with Crippen molar-refractivity contribution in [1.82, 2.24) is 9.55 Å². The van der Waals surface area contributed by atoms with Gasteiger partial charge in [-0.15, -0.1) is 0 Å². The summed E-state index contributed by atoms with van der Waals surface area (Å²) in [6.07, 6.45) is 0. The van der Waals surface area contributed by atoms with Crippen molar-refractivity contribution >= 4 is 33.3 Å². The molecule has 0 aliphatic rings. The highest BCUT2D eigenvalue weighted by Crippen LogP contribution is 2.29. The van der Waals surface area contributed by atoms with E-state index in [1.165, 1.54) is 22.8 Å². The Bertz CT molecular complexity index is 793. The Morgan fingerprint density at radius 3 is 2.23 bits per heavy atom. The number of benzene rings is 1. The molecule has 0 aliphatic heterocycles. The first-order valence-electron chi connectivity index (χ1n) is 6.55. The van der Waals surface area contributed by atoms with E-state index >= 15 is 0 Å². The van der Waals surface area contributed by atoms with Gasteiger partial charge in [-0.2, -0.15) is 8.42 Å². The zero-order chi connectivity index (χ0) is 16.7. The van der Waals surface area contributed by atoms with Crippen LogP contribution in [0.4, 0.5) is 0 Å². The van der Waals surface area contributed by atoms with Crippen LogP contribution in [-0.2, 0) is 17.2 Å². The molecule has 0 amide bonds. The molecule has 0 radical (unpaired) electrons. The third-order valence-electron chi connectivity index (χ3n) is 3.12. The fraction of sp³-hybridized carbons (Fsp3) is 0.357. The van der Waals surface area contributed by atoms with Crippen LogP contribution in [0.2, 0.25) is 10.0 Å². The van der Waals surface area contributed by atoms with Gasteiger partial charge in [0.05, 0.1) is 5.69 Å². The fourth-order valence-electron chi connectivity index (χ4n) is 2.03. The Hall–Kier alpha value is -1.24.